The summed E-state index contributed by atoms with van der Waals surface area (Å²) in [6.45, 7) is 2.45. The van der Waals surface area contributed by atoms with Gasteiger partial charge in [0, 0.05) is 6.54 Å². The summed E-state index contributed by atoms with van der Waals surface area (Å²) >= 11 is 0. The van der Waals surface area contributed by atoms with Gasteiger partial charge in [-0.3, -0.25) is 9.69 Å². The molecule has 140 valence electrons. The minimum Gasteiger partial charge on any atom is -0.497 e. The van der Waals surface area contributed by atoms with Gasteiger partial charge in [0.05, 0.1) is 7.11 Å². The van der Waals surface area contributed by atoms with Crippen LogP contribution in [0.4, 0.5) is 4.79 Å². The number of rotatable bonds is 7. The molecule has 1 aliphatic heterocycles. The molecule has 3 rings (SSSR count). The van der Waals surface area contributed by atoms with Gasteiger partial charge < -0.3 is 14.8 Å². The van der Waals surface area contributed by atoms with Gasteiger partial charge in [0.25, 0.3) is 5.91 Å². The van der Waals surface area contributed by atoms with Gasteiger partial charge in [-0.15, -0.1) is 0 Å². The first kappa shape index (κ1) is 18.5. The Hall–Kier alpha value is -3.28. The molecule has 2 aromatic carbocycles. The van der Waals surface area contributed by atoms with E-state index in [1.165, 1.54) is 4.90 Å². The Kier molecular flexibility index (Phi) is 5.76. The summed E-state index contributed by atoms with van der Waals surface area (Å²) in [5.41, 5.74) is 1.04. The number of unbranched alkanes of at least 4 members (excludes halogenated alkanes) is 1. The highest BCUT2D eigenvalue weighted by atomic mass is 16.5. The van der Waals surface area contributed by atoms with Gasteiger partial charge in [-0.1, -0.05) is 25.5 Å². The molecule has 2 aromatic rings. The van der Waals surface area contributed by atoms with Crippen molar-refractivity contribution in [3.63, 3.8) is 0 Å². The number of hydrogen-bond donors (Lipinski definition) is 1. The normalized spacial score (nSPS) is 15.2. The average molecular weight is 366 g/mol. The van der Waals surface area contributed by atoms with E-state index in [-0.39, 0.29) is 17.6 Å². The van der Waals surface area contributed by atoms with Gasteiger partial charge in [-0.2, -0.15) is 0 Å². The van der Waals surface area contributed by atoms with Crippen molar-refractivity contribution in [1.29, 1.82) is 0 Å². The number of imide groups is 1. The monoisotopic (exact) mass is 366 g/mol. The fraction of sp³-hybridized carbons (Fsp3) is 0.238. The Balaban J connectivity index is 1.74. The first-order chi connectivity index (χ1) is 13.1. The fourth-order valence-corrected chi connectivity index (χ4v) is 2.71. The van der Waals surface area contributed by atoms with Crippen LogP contribution in [-0.4, -0.2) is 30.5 Å². The number of nitrogens with one attached hydrogen (secondary N) is 1. The molecule has 1 saturated heterocycles. The molecule has 0 aromatic heterocycles. The highest BCUT2D eigenvalue weighted by Crippen LogP contribution is 2.25. The SMILES string of the molecule is CCCCN1C(=O)N/C(=C/c2cccc(Oc3ccc(OC)cc3)c2)C1=O. The molecule has 0 atom stereocenters. The maximum absolute atomic E-state index is 12.4. The Bertz CT molecular complexity index is 859. The zero-order valence-corrected chi connectivity index (χ0v) is 15.4. The molecule has 6 heteroatoms. The van der Waals surface area contributed by atoms with Gasteiger partial charge in [0.1, 0.15) is 22.9 Å². The lowest BCUT2D eigenvalue weighted by atomic mass is 10.1. The van der Waals surface area contributed by atoms with Gasteiger partial charge in [-0.05, 0) is 54.5 Å². The zero-order valence-electron chi connectivity index (χ0n) is 15.4. The number of methoxy groups -OCH3 is 1. The Morgan fingerprint density at radius 2 is 1.78 bits per heavy atom. The van der Waals surface area contributed by atoms with Crippen LogP contribution in [0.15, 0.2) is 54.2 Å². The molecular weight excluding hydrogens is 344 g/mol. The third-order valence-corrected chi connectivity index (χ3v) is 4.16. The van der Waals surface area contributed by atoms with Crippen LogP contribution in [0.5, 0.6) is 17.2 Å². The predicted octanol–water partition coefficient (Wildman–Crippen LogP) is 4.18. The summed E-state index contributed by atoms with van der Waals surface area (Å²) in [5.74, 6) is 1.77. The molecule has 3 amide bonds. The predicted molar refractivity (Wildman–Crippen MR) is 103 cm³/mol. The van der Waals surface area contributed by atoms with E-state index in [0.29, 0.717) is 18.0 Å². The molecule has 1 fully saturated rings. The van der Waals surface area contributed by atoms with Gasteiger partial charge in [0.15, 0.2) is 0 Å². The summed E-state index contributed by atoms with van der Waals surface area (Å²) < 4.78 is 11.0. The summed E-state index contributed by atoms with van der Waals surface area (Å²) in [5, 5.41) is 2.64. The largest absolute Gasteiger partial charge is 0.497 e. The van der Waals surface area contributed by atoms with Crippen molar-refractivity contribution in [3.8, 4) is 17.2 Å². The molecule has 0 unspecified atom stereocenters. The summed E-state index contributed by atoms with van der Waals surface area (Å²) in [4.78, 5) is 25.6. The van der Waals surface area contributed by atoms with Crippen molar-refractivity contribution in [3.05, 3.63) is 59.8 Å². The lowest BCUT2D eigenvalue weighted by Crippen LogP contribution is -2.31. The Labute approximate surface area is 158 Å². The summed E-state index contributed by atoms with van der Waals surface area (Å²) in [6.07, 6.45) is 3.37. The van der Waals surface area contributed by atoms with E-state index in [0.717, 1.165) is 24.2 Å². The van der Waals surface area contributed by atoms with E-state index in [2.05, 4.69) is 5.32 Å². The number of amides is 3. The minimum atomic E-state index is -0.370. The molecule has 6 nitrogen and oxygen atoms in total. The van der Waals surface area contributed by atoms with Crippen LogP contribution < -0.4 is 14.8 Å². The fourth-order valence-electron chi connectivity index (χ4n) is 2.71. The zero-order chi connectivity index (χ0) is 19.2. The second-order valence-electron chi connectivity index (χ2n) is 6.15. The number of urea groups is 1. The second kappa shape index (κ2) is 8.40. The maximum Gasteiger partial charge on any atom is 0.329 e. The van der Waals surface area contributed by atoms with E-state index < -0.39 is 0 Å². The molecule has 0 spiro atoms. The first-order valence-corrected chi connectivity index (χ1v) is 8.87. The number of benzene rings is 2. The van der Waals surface area contributed by atoms with Gasteiger partial charge in [0.2, 0.25) is 0 Å². The van der Waals surface area contributed by atoms with Crippen molar-refractivity contribution >= 4 is 18.0 Å². The molecule has 0 aliphatic carbocycles. The molecule has 1 heterocycles. The van der Waals surface area contributed by atoms with Crippen LogP contribution >= 0.6 is 0 Å². The highest BCUT2D eigenvalue weighted by Gasteiger charge is 2.32. The first-order valence-electron chi connectivity index (χ1n) is 8.87. The van der Waals surface area contributed by atoms with Crippen LogP contribution in [0.3, 0.4) is 0 Å². The van der Waals surface area contributed by atoms with E-state index in [1.807, 2.05) is 55.5 Å². The smallest absolute Gasteiger partial charge is 0.329 e. The topological polar surface area (TPSA) is 67.9 Å². The van der Waals surface area contributed by atoms with Crippen molar-refractivity contribution in [2.75, 3.05) is 13.7 Å². The highest BCUT2D eigenvalue weighted by molar-refractivity contribution is 6.13. The van der Waals surface area contributed by atoms with Crippen LogP contribution in [-0.2, 0) is 4.79 Å². The minimum absolute atomic E-state index is 0.276. The number of hydrogen-bond acceptors (Lipinski definition) is 4. The standard InChI is InChI=1S/C21H22N2O4/c1-3-4-12-23-20(24)19(22-21(23)25)14-15-6-5-7-18(13-15)27-17-10-8-16(26-2)9-11-17/h5-11,13-14H,3-4,12H2,1-2H3,(H,22,25)/b19-14+. The molecule has 1 N–H and O–H groups in total. The van der Waals surface area contributed by atoms with Crippen LogP contribution in [0.2, 0.25) is 0 Å². The Morgan fingerprint density at radius 1 is 1.04 bits per heavy atom. The van der Waals surface area contributed by atoms with Crippen LogP contribution in [0.1, 0.15) is 25.3 Å². The van der Waals surface area contributed by atoms with Crippen molar-refractivity contribution in [2.24, 2.45) is 0 Å². The molecule has 0 saturated carbocycles. The second-order valence-corrected chi connectivity index (χ2v) is 6.15. The van der Waals surface area contributed by atoms with Crippen LogP contribution in [0.25, 0.3) is 6.08 Å². The van der Waals surface area contributed by atoms with Crippen LogP contribution in [0, 0.1) is 0 Å². The number of carbonyl (C=O) groups is 2. The summed E-state index contributed by atoms with van der Waals surface area (Å²) in [7, 11) is 1.61. The molecular formula is C21H22N2O4. The third kappa shape index (κ3) is 4.47. The number of ether oxygens (including phenoxy) is 2. The lowest BCUT2D eigenvalue weighted by Gasteiger charge is -2.10. The van der Waals surface area contributed by atoms with E-state index in [1.54, 1.807) is 13.2 Å². The molecule has 1 aliphatic rings. The quantitative estimate of drug-likeness (QED) is 0.590. The van der Waals surface area contributed by atoms with Crippen molar-refractivity contribution in [2.45, 2.75) is 19.8 Å². The maximum atomic E-state index is 12.4. The Morgan fingerprint density at radius 3 is 2.48 bits per heavy atom. The average Bonchev–Trinajstić information content (AvgIpc) is 2.94. The van der Waals surface area contributed by atoms with E-state index in [9.17, 15) is 9.59 Å². The van der Waals surface area contributed by atoms with E-state index in [4.69, 9.17) is 9.47 Å². The molecule has 0 bridgehead atoms. The van der Waals surface area contributed by atoms with Crippen molar-refractivity contribution < 1.29 is 19.1 Å². The van der Waals surface area contributed by atoms with E-state index >= 15 is 0 Å². The molecule has 27 heavy (non-hydrogen) atoms. The third-order valence-electron chi connectivity index (χ3n) is 4.16. The van der Waals surface area contributed by atoms with Gasteiger partial charge >= 0.3 is 6.03 Å². The summed E-state index contributed by atoms with van der Waals surface area (Å²) in [6, 6.07) is 14.2. The van der Waals surface area contributed by atoms with Gasteiger partial charge in [-0.25, -0.2) is 4.79 Å². The lowest BCUT2D eigenvalue weighted by molar-refractivity contribution is -0.122. The number of nitrogens with zero attached hydrogens (tertiary/aromatic N) is 1. The van der Waals surface area contributed by atoms with Crippen molar-refractivity contribution in [1.82, 2.24) is 10.2 Å². The molecule has 0 radical (unpaired) electrons. The number of carbonyl (C=O) groups excluding carboxylic acids is 2.